The van der Waals surface area contributed by atoms with Gasteiger partial charge in [-0.3, -0.25) is 19.6 Å². The van der Waals surface area contributed by atoms with Crippen LogP contribution in [0.15, 0.2) is 58.6 Å². The summed E-state index contributed by atoms with van der Waals surface area (Å²) in [7, 11) is 4.84. The highest BCUT2D eigenvalue weighted by Gasteiger charge is 2.34. The first-order valence-corrected chi connectivity index (χ1v) is 13.9. The van der Waals surface area contributed by atoms with E-state index in [2.05, 4.69) is 23.1 Å². The van der Waals surface area contributed by atoms with Crippen LogP contribution in [0.5, 0.6) is 23.0 Å². The lowest BCUT2D eigenvalue weighted by molar-refractivity contribution is 0.0768. The Kier molecular flexibility index (Phi) is 8.33. The molecule has 10 heteroatoms. The first-order chi connectivity index (χ1) is 20.2. The average Bonchev–Trinajstić information content (AvgIpc) is 3.25. The Morgan fingerprint density at radius 1 is 0.905 bits per heavy atom. The lowest BCUT2D eigenvalue weighted by Gasteiger charge is -2.24. The van der Waals surface area contributed by atoms with Crippen molar-refractivity contribution in [1.82, 2.24) is 9.80 Å². The van der Waals surface area contributed by atoms with Crippen LogP contribution in [0.2, 0.25) is 0 Å². The van der Waals surface area contributed by atoms with Gasteiger partial charge in [0, 0.05) is 44.6 Å². The number of benzene rings is 2. The van der Waals surface area contributed by atoms with Crippen molar-refractivity contribution in [3.8, 4) is 23.0 Å². The van der Waals surface area contributed by atoms with Gasteiger partial charge in [-0.1, -0.05) is 17.7 Å². The number of aliphatic imine (C=N–C) groups is 2. The van der Waals surface area contributed by atoms with Crippen molar-refractivity contribution in [3.05, 3.63) is 59.7 Å². The zero-order valence-electron chi connectivity index (χ0n) is 24.5. The number of carbonyl (C=O) groups is 2. The van der Waals surface area contributed by atoms with Crippen molar-refractivity contribution >= 4 is 35.6 Å². The summed E-state index contributed by atoms with van der Waals surface area (Å²) in [5.74, 6) is 1.66. The van der Waals surface area contributed by atoms with Gasteiger partial charge in [0.15, 0.2) is 23.0 Å². The second-order valence-corrected chi connectivity index (χ2v) is 10.7. The number of methoxy groups -OCH3 is 2. The van der Waals surface area contributed by atoms with E-state index >= 15 is 0 Å². The fourth-order valence-electron chi connectivity index (χ4n) is 5.28. The van der Waals surface area contributed by atoms with E-state index in [0.717, 1.165) is 11.1 Å². The van der Waals surface area contributed by atoms with Gasteiger partial charge in [-0.2, -0.15) is 0 Å². The first-order valence-electron chi connectivity index (χ1n) is 13.9. The predicted molar refractivity (Wildman–Crippen MR) is 162 cm³/mol. The van der Waals surface area contributed by atoms with Gasteiger partial charge in [-0.15, -0.1) is 6.58 Å². The Hall–Kier alpha value is -4.60. The summed E-state index contributed by atoms with van der Waals surface area (Å²) in [6, 6.07) is 6.56. The second kappa shape index (κ2) is 12.1. The highest BCUT2D eigenvalue weighted by Crippen LogP contribution is 2.39. The van der Waals surface area contributed by atoms with E-state index in [1.165, 1.54) is 7.11 Å². The molecule has 0 bridgehead atoms. The Bertz CT molecular complexity index is 1500. The Labute approximate surface area is 245 Å². The van der Waals surface area contributed by atoms with Crippen LogP contribution >= 0.6 is 0 Å². The second-order valence-electron chi connectivity index (χ2n) is 10.7. The molecule has 3 aliphatic heterocycles. The van der Waals surface area contributed by atoms with Gasteiger partial charge in [0.1, 0.15) is 0 Å². The summed E-state index contributed by atoms with van der Waals surface area (Å²) < 4.78 is 23.1. The number of carbonyl (C=O) groups excluding carboxylic acids is 2. The first kappa shape index (κ1) is 28.9. The van der Waals surface area contributed by atoms with Gasteiger partial charge in [0.2, 0.25) is 0 Å². The van der Waals surface area contributed by atoms with Crippen molar-refractivity contribution in [2.45, 2.75) is 38.3 Å². The van der Waals surface area contributed by atoms with Gasteiger partial charge in [0.05, 0.1) is 62.0 Å². The summed E-state index contributed by atoms with van der Waals surface area (Å²) in [4.78, 5) is 38.9. The lowest BCUT2D eigenvalue weighted by atomic mass is 10.1. The van der Waals surface area contributed by atoms with Crippen LogP contribution in [-0.2, 0) is 0 Å². The Morgan fingerprint density at radius 3 is 2.05 bits per heavy atom. The van der Waals surface area contributed by atoms with Crippen molar-refractivity contribution < 1.29 is 28.5 Å². The van der Waals surface area contributed by atoms with Crippen LogP contribution in [0.25, 0.3) is 0 Å². The third-order valence-electron chi connectivity index (χ3n) is 7.53. The Morgan fingerprint density at radius 2 is 1.48 bits per heavy atom. The molecule has 5 rings (SSSR count). The van der Waals surface area contributed by atoms with Crippen LogP contribution in [0.1, 0.15) is 46.9 Å². The van der Waals surface area contributed by atoms with Crippen LogP contribution in [-0.4, -0.2) is 87.2 Å². The van der Waals surface area contributed by atoms with Gasteiger partial charge in [-0.05, 0) is 31.9 Å². The van der Waals surface area contributed by atoms with E-state index in [1.807, 2.05) is 6.92 Å². The molecule has 0 spiro atoms. The molecule has 0 aromatic heterocycles. The number of hydrogen-bond donors (Lipinski definition) is 0. The number of fused-ring (bicyclic) bond motifs is 3. The van der Waals surface area contributed by atoms with E-state index in [4.69, 9.17) is 18.9 Å². The van der Waals surface area contributed by atoms with Gasteiger partial charge in [0.25, 0.3) is 11.8 Å². The topological polar surface area (TPSA) is 102 Å². The van der Waals surface area contributed by atoms with Crippen molar-refractivity contribution in [2.24, 2.45) is 9.98 Å². The maximum Gasteiger partial charge on any atom is 0.257 e. The van der Waals surface area contributed by atoms with E-state index in [9.17, 15) is 9.59 Å². The molecular formula is C32H36N4O6. The molecule has 3 heterocycles. The fourth-order valence-corrected chi connectivity index (χ4v) is 5.28. The molecular weight excluding hydrogens is 536 g/mol. The highest BCUT2D eigenvalue weighted by molar-refractivity contribution is 6.04. The van der Waals surface area contributed by atoms with Crippen LogP contribution in [0, 0.1) is 0 Å². The average molecular weight is 573 g/mol. The number of amides is 2. The molecule has 42 heavy (non-hydrogen) atoms. The van der Waals surface area contributed by atoms with E-state index < -0.39 is 0 Å². The molecule has 2 unspecified atom stereocenters. The zero-order valence-corrected chi connectivity index (χ0v) is 24.5. The van der Waals surface area contributed by atoms with Gasteiger partial charge >= 0.3 is 0 Å². The third-order valence-corrected chi connectivity index (χ3v) is 7.53. The maximum atomic E-state index is 13.2. The molecule has 0 saturated carbocycles. The fraction of sp³-hybridized carbons (Fsp3) is 0.375. The normalized spacial score (nSPS) is 19.1. The molecule has 1 saturated heterocycles. The highest BCUT2D eigenvalue weighted by atomic mass is 16.5. The minimum atomic E-state index is -0.180. The van der Waals surface area contributed by atoms with Crippen molar-refractivity contribution in [1.29, 1.82) is 0 Å². The summed E-state index contributed by atoms with van der Waals surface area (Å²) in [6.07, 6.45) is 5.47. The van der Waals surface area contributed by atoms with Crippen molar-refractivity contribution in [2.75, 3.05) is 41.0 Å². The number of nitrogens with zero attached hydrogens (tertiary/aromatic N) is 4. The maximum absolute atomic E-state index is 13.2. The lowest BCUT2D eigenvalue weighted by Crippen LogP contribution is -2.37. The molecule has 0 radical (unpaired) electrons. The monoisotopic (exact) mass is 572 g/mol. The zero-order chi connectivity index (χ0) is 30.0. The summed E-state index contributed by atoms with van der Waals surface area (Å²) in [6.45, 7) is 11.1. The van der Waals surface area contributed by atoms with Crippen molar-refractivity contribution in [3.63, 3.8) is 0 Å². The molecule has 2 atom stereocenters. The summed E-state index contributed by atoms with van der Waals surface area (Å²) in [5.41, 5.74) is 3.99. The SMILES string of the molecule is C=C(C)CC1C=Nc2cc(OCCCOc3cc4c(cc3OC)C(=O)N3CC(=C)CC3C=N4)c(OC)cc2C(=O)N1C. The minimum absolute atomic E-state index is 0.0858. The number of rotatable bonds is 10. The standard InChI is InChI=1S/C32H36N4O6/c1-19(2)10-21-16-33-25-14-29(27(39-5)12-23(25)31(37)35(21)4)41-8-7-9-42-30-15-26-24(13-28(30)40-6)32(38)36-18-20(3)11-22(36)17-34-26/h12-17,21-22H,1,3,7-11,18H2,2,4-6H3. The molecule has 3 aliphatic rings. The van der Waals surface area contributed by atoms with E-state index in [1.54, 1.807) is 60.7 Å². The molecule has 2 aromatic rings. The smallest absolute Gasteiger partial charge is 0.257 e. The van der Waals surface area contributed by atoms with Crippen LogP contribution in [0.3, 0.4) is 0 Å². The summed E-state index contributed by atoms with van der Waals surface area (Å²) >= 11 is 0. The largest absolute Gasteiger partial charge is 0.493 e. The predicted octanol–water partition coefficient (Wildman–Crippen LogP) is 5.16. The van der Waals surface area contributed by atoms with Crippen LogP contribution < -0.4 is 18.9 Å². The Balaban J connectivity index is 1.24. The third kappa shape index (κ3) is 5.74. The molecule has 220 valence electrons. The van der Waals surface area contributed by atoms with Crippen LogP contribution in [0.4, 0.5) is 11.4 Å². The minimum Gasteiger partial charge on any atom is -0.493 e. The molecule has 0 N–H and O–H groups in total. The molecule has 2 aromatic carbocycles. The molecule has 0 aliphatic carbocycles. The summed E-state index contributed by atoms with van der Waals surface area (Å²) in [5, 5.41) is 0. The van der Waals surface area contributed by atoms with Gasteiger partial charge in [-0.25, -0.2) is 0 Å². The van der Waals surface area contributed by atoms with E-state index in [-0.39, 0.29) is 23.9 Å². The molecule has 1 fully saturated rings. The van der Waals surface area contributed by atoms with E-state index in [0.29, 0.717) is 84.5 Å². The van der Waals surface area contributed by atoms with Gasteiger partial charge < -0.3 is 28.7 Å². The number of hydrogen-bond acceptors (Lipinski definition) is 8. The number of ether oxygens (including phenoxy) is 4. The quantitative estimate of drug-likeness (QED) is 0.288. The molecule has 2 amide bonds. The molecule has 10 nitrogen and oxygen atoms in total.